The van der Waals surface area contributed by atoms with E-state index in [1.165, 1.54) is 6.20 Å². The number of carbonyl (C=O) groups excluding carboxylic acids is 1. The van der Waals surface area contributed by atoms with Crippen LogP contribution in [-0.2, 0) is 4.79 Å². The quantitative estimate of drug-likeness (QED) is 0.438. The molecule has 1 amide bonds. The maximum Gasteiger partial charge on any atom is 0.334 e. The van der Waals surface area contributed by atoms with Crippen LogP contribution in [-0.4, -0.2) is 56.5 Å². The molecule has 2 N–H and O–H groups in total. The summed E-state index contributed by atoms with van der Waals surface area (Å²) >= 11 is 6.19. The molecule has 1 aliphatic rings. The molecule has 4 aromatic rings. The highest BCUT2D eigenvalue weighted by Gasteiger charge is 2.20. The van der Waals surface area contributed by atoms with E-state index in [2.05, 4.69) is 25.2 Å². The Kier molecular flexibility index (Phi) is 6.19. The number of H-pyrrole nitrogens is 1. The van der Waals surface area contributed by atoms with E-state index in [1.807, 2.05) is 30.0 Å². The molecule has 0 spiro atoms. The highest BCUT2D eigenvalue weighted by molar-refractivity contribution is 6.32. The standard InChI is InChI=1S/C25H24ClN7O3/c1-15-13-17(7-8-20(15)32-11-9-31(10-12-32)16(2)34)28-24-27-14-18-22(29-24)30-25(36)33(23(18)35)21-6-4-3-5-19(21)26/h3-8,13-14H,9-12H2,1-2H3,(H2,27,28,29,30,36). The van der Waals surface area contributed by atoms with Gasteiger partial charge >= 0.3 is 5.69 Å². The van der Waals surface area contributed by atoms with Gasteiger partial charge in [0.25, 0.3) is 5.56 Å². The molecule has 10 nitrogen and oxygen atoms in total. The second kappa shape index (κ2) is 9.46. The molecule has 1 saturated heterocycles. The van der Waals surface area contributed by atoms with Crippen LogP contribution in [0.15, 0.2) is 58.3 Å². The maximum absolute atomic E-state index is 13.0. The fourth-order valence-electron chi connectivity index (χ4n) is 4.39. The Morgan fingerprint density at radius 2 is 1.81 bits per heavy atom. The third kappa shape index (κ3) is 4.42. The smallest absolute Gasteiger partial charge is 0.334 e. The Labute approximate surface area is 211 Å². The van der Waals surface area contributed by atoms with Gasteiger partial charge in [0.15, 0.2) is 5.65 Å². The summed E-state index contributed by atoms with van der Waals surface area (Å²) in [7, 11) is 0. The Morgan fingerprint density at radius 1 is 1.06 bits per heavy atom. The lowest BCUT2D eigenvalue weighted by molar-refractivity contribution is -0.129. The van der Waals surface area contributed by atoms with Crippen LogP contribution in [0.1, 0.15) is 12.5 Å². The molecule has 1 fully saturated rings. The number of para-hydroxylation sites is 1. The summed E-state index contributed by atoms with van der Waals surface area (Å²) in [5, 5.41) is 3.58. The van der Waals surface area contributed by atoms with Gasteiger partial charge in [-0.05, 0) is 42.8 Å². The first kappa shape index (κ1) is 23.6. The number of aromatic nitrogens is 4. The molecule has 0 atom stereocenters. The van der Waals surface area contributed by atoms with Gasteiger partial charge in [-0.3, -0.25) is 14.6 Å². The molecule has 0 radical (unpaired) electrons. The van der Waals surface area contributed by atoms with Gasteiger partial charge < -0.3 is 15.1 Å². The van der Waals surface area contributed by atoms with Gasteiger partial charge in [-0.2, -0.15) is 4.98 Å². The Balaban J connectivity index is 1.39. The molecule has 0 aliphatic carbocycles. The molecule has 36 heavy (non-hydrogen) atoms. The molecule has 0 saturated carbocycles. The van der Waals surface area contributed by atoms with Crippen molar-refractivity contribution < 1.29 is 4.79 Å². The van der Waals surface area contributed by atoms with Crippen molar-refractivity contribution in [3.63, 3.8) is 0 Å². The largest absolute Gasteiger partial charge is 0.368 e. The van der Waals surface area contributed by atoms with E-state index in [0.717, 1.165) is 34.6 Å². The topological polar surface area (TPSA) is 116 Å². The number of carbonyl (C=O) groups is 1. The van der Waals surface area contributed by atoms with E-state index in [-0.39, 0.29) is 33.6 Å². The Bertz CT molecular complexity index is 1590. The van der Waals surface area contributed by atoms with Crippen LogP contribution in [0.3, 0.4) is 0 Å². The first-order valence-corrected chi connectivity index (χ1v) is 11.8. The van der Waals surface area contributed by atoms with Crippen molar-refractivity contribution in [3.05, 3.63) is 80.1 Å². The van der Waals surface area contributed by atoms with E-state index in [9.17, 15) is 14.4 Å². The molecule has 2 aromatic carbocycles. The number of nitrogens with one attached hydrogen (secondary N) is 2. The summed E-state index contributed by atoms with van der Waals surface area (Å²) in [6, 6.07) is 12.5. The Morgan fingerprint density at radius 3 is 2.50 bits per heavy atom. The minimum absolute atomic E-state index is 0.102. The summed E-state index contributed by atoms with van der Waals surface area (Å²) in [5.41, 5.74) is 2.15. The number of fused-ring (bicyclic) bond motifs is 1. The van der Waals surface area contributed by atoms with Crippen LogP contribution in [0, 0.1) is 6.92 Å². The molecule has 0 bridgehead atoms. The molecular formula is C25H24ClN7O3. The average molecular weight is 506 g/mol. The molecule has 184 valence electrons. The van der Waals surface area contributed by atoms with Gasteiger partial charge in [0.1, 0.15) is 5.39 Å². The second-order valence-electron chi connectivity index (χ2n) is 8.60. The molecule has 3 heterocycles. The van der Waals surface area contributed by atoms with Gasteiger partial charge in [-0.25, -0.2) is 14.3 Å². The summed E-state index contributed by atoms with van der Waals surface area (Å²) in [4.78, 5) is 52.7. The monoisotopic (exact) mass is 505 g/mol. The molecular weight excluding hydrogens is 482 g/mol. The lowest BCUT2D eigenvalue weighted by Crippen LogP contribution is -2.48. The summed E-state index contributed by atoms with van der Waals surface area (Å²) in [5.74, 6) is 0.348. The molecule has 11 heteroatoms. The fourth-order valence-corrected chi connectivity index (χ4v) is 4.62. The Hall–Kier alpha value is -4.18. The SMILES string of the molecule is CC(=O)N1CCN(c2ccc(Nc3ncc4c(=O)n(-c5ccccc5Cl)c(=O)[nH]c4n3)cc2C)CC1. The lowest BCUT2D eigenvalue weighted by atomic mass is 10.1. The van der Waals surface area contributed by atoms with Crippen LogP contribution < -0.4 is 21.5 Å². The van der Waals surface area contributed by atoms with E-state index in [0.29, 0.717) is 13.1 Å². The number of aryl methyl sites for hydroxylation is 1. The van der Waals surface area contributed by atoms with Gasteiger partial charge in [0.2, 0.25) is 11.9 Å². The maximum atomic E-state index is 13.0. The third-order valence-corrected chi connectivity index (χ3v) is 6.58. The number of benzene rings is 2. The van der Waals surface area contributed by atoms with Crippen molar-refractivity contribution in [1.29, 1.82) is 0 Å². The molecule has 2 aromatic heterocycles. The predicted octanol–water partition coefficient (Wildman–Crippen LogP) is 2.84. The van der Waals surface area contributed by atoms with Crippen LogP contribution in [0.2, 0.25) is 5.02 Å². The van der Waals surface area contributed by atoms with Crippen LogP contribution in [0.5, 0.6) is 0 Å². The first-order chi connectivity index (χ1) is 17.3. The van der Waals surface area contributed by atoms with Crippen molar-refractivity contribution in [3.8, 4) is 5.69 Å². The molecule has 0 unspecified atom stereocenters. The second-order valence-corrected chi connectivity index (χ2v) is 9.00. The molecule has 1 aliphatic heterocycles. The highest BCUT2D eigenvalue weighted by atomic mass is 35.5. The molecule has 5 rings (SSSR count). The predicted molar refractivity (Wildman–Crippen MR) is 140 cm³/mol. The number of nitrogens with zero attached hydrogens (tertiary/aromatic N) is 5. The number of rotatable bonds is 4. The average Bonchev–Trinajstić information content (AvgIpc) is 2.85. The summed E-state index contributed by atoms with van der Waals surface area (Å²) < 4.78 is 0.972. The zero-order valence-corrected chi connectivity index (χ0v) is 20.5. The third-order valence-electron chi connectivity index (χ3n) is 6.26. The van der Waals surface area contributed by atoms with E-state index >= 15 is 0 Å². The van der Waals surface area contributed by atoms with Crippen LogP contribution in [0.4, 0.5) is 17.3 Å². The highest BCUT2D eigenvalue weighted by Crippen LogP contribution is 2.26. The van der Waals surface area contributed by atoms with Gasteiger partial charge in [-0.1, -0.05) is 23.7 Å². The van der Waals surface area contributed by atoms with Gasteiger partial charge in [-0.15, -0.1) is 0 Å². The summed E-state index contributed by atoms with van der Waals surface area (Å²) in [6.07, 6.45) is 1.38. The van der Waals surface area contributed by atoms with Crippen molar-refractivity contribution >= 4 is 45.9 Å². The zero-order valence-electron chi connectivity index (χ0n) is 19.8. The first-order valence-electron chi connectivity index (χ1n) is 11.5. The summed E-state index contributed by atoms with van der Waals surface area (Å²) in [6.45, 7) is 6.58. The minimum atomic E-state index is -0.643. The van der Waals surface area contributed by atoms with Gasteiger partial charge in [0.05, 0.1) is 10.7 Å². The van der Waals surface area contributed by atoms with Crippen molar-refractivity contribution in [1.82, 2.24) is 24.4 Å². The minimum Gasteiger partial charge on any atom is -0.368 e. The van der Waals surface area contributed by atoms with Crippen LogP contribution >= 0.6 is 11.6 Å². The van der Waals surface area contributed by atoms with Crippen molar-refractivity contribution in [2.45, 2.75) is 13.8 Å². The number of hydrogen-bond acceptors (Lipinski definition) is 7. The van der Waals surface area contributed by atoms with E-state index in [4.69, 9.17) is 11.6 Å². The van der Waals surface area contributed by atoms with Crippen LogP contribution in [0.25, 0.3) is 16.7 Å². The lowest BCUT2D eigenvalue weighted by Gasteiger charge is -2.36. The number of hydrogen-bond donors (Lipinski definition) is 2. The van der Waals surface area contributed by atoms with E-state index < -0.39 is 11.2 Å². The number of aromatic amines is 1. The number of anilines is 3. The van der Waals surface area contributed by atoms with Crippen molar-refractivity contribution in [2.75, 3.05) is 36.4 Å². The fraction of sp³-hybridized carbons (Fsp3) is 0.240. The number of amides is 1. The zero-order chi connectivity index (χ0) is 25.4. The van der Waals surface area contributed by atoms with Crippen molar-refractivity contribution in [2.24, 2.45) is 0 Å². The number of halogens is 1. The van der Waals surface area contributed by atoms with E-state index in [1.54, 1.807) is 31.2 Å². The normalized spacial score (nSPS) is 13.8. The number of piperazine rings is 1. The van der Waals surface area contributed by atoms with Gasteiger partial charge in [0, 0.05) is 50.7 Å².